The van der Waals surface area contributed by atoms with E-state index in [1.807, 2.05) is 0 Å². The zero-order valence-corrected chi connectivity index (χ0v) is 12.8. The molecule has 0 amide bonds. The molecule has 0 saturated carbocycles. The molecule has 6 nitrogen and oxygen atoms in total. The van der Waals surface area contributed by atoms with Gasteiger partial charge in [-0.1, -0.05) is 6.07 Å². The topological polar surface area (TPSA) is 73.3 Å². The Morgan fingerprint density at radius 3 is 2.67 bits per heavy atom. The molecule has 0 aromatic carbocycles. The number of aryl methyl sites for hydroxylation is 1. The van der Waals surface area contributed by atoms with Crippen molar-refractivity contribution in [3.8, 4) is 5.75 Å². The molecule has 0 aliphatic heterocycles. The van der Waals surface area contributed by atoms with Crippen molar-refractivity contribution in [3.05, 3.63) is 41.7 Å². The number of aromatic nitrogens is 2. The number of rotatable bonds is 5. The zero-order valence-electron chi connectivity index (χ0n) is 12.8. The number of halogens is 3. The summed E-state index contributed by atoms with van der Waals surface area (Å²) in [6.45, 7) is 3.57. The summed E-state index contributed by atoms with van der Waals surface area (Å²) in [7, 11) is 0. The van der Waals surface area contributed by atoms with E-state index in [0.717, 1.165) is 18.3 Å². The number of nitrogens with one attached hydrogen (secondary N) is 1. The van der Waals surface area contributed by atoms with Gasteiger partial charge in [-0.15, -0.1) is 13.2 Å². The lowest BCUT2D eigenvalue weighted by Gasteiger charge is -2.11. The maximum absolute atomic E-state index is 12.2. The summed E-state index contributed by atoms with van der Waals surface area (Å²) in [6, 6.07) is 5.35. The number of hydrogen-bond donors (Lipinski definition) is 1. The predicted octanol–water partition coefficient (Wildman–Crippen LogP) is 3.60. The quantitative estimate of drug-likeness (QED) is 0.838. The van der Waals surface area contributed by atoms with Gasteiger partial charge in [-0.05, 0) is 31.5 Å². The minimum Gasteiger partial charge on any atom is -0.461 e. The molecule has 0 atom stereocenters. The summed E-state index contributed by atoms with van der Waals surface area (Å²) in [6.07, 6.45) is -3.64. The van der Waals surface area contributed by atoms with Crippen molar-refractivity contribution in [1.82, 2.24) is 9.97 Å². The predicted molar refractivity (Wildman–Crippen MR) is 79.1 cm³/mol. The highest BCUT2D eigenvalue weighted by Gasteiger charge is 2.31. The third-order valence-electron chi connectivity index (χ3n) is 2.79. The third kappa shape index (κ3) is 4.83. The Morgan fingerprint density at radius 2 is 2.00 bits per heavy atom. The first-order chi connectivity index (χ1) is 11.3. The molecular weight excluding hydrogens is 327 g/mol. The molecule has 2 aromatic heterocycles. The van der Waals surface area contributed by atoms with Gasteiger partial charge < -0.3 is 14.8 Å². The Kier molecular flexibility index (Phi) is 5.22. The van der Waals surface area contributed by atoms with E-state index in [4.69, 9.17) is 4.74 Å². The molecule has 0 aliphatic carbocycles. The number of nitrogens with zero attached hydrogens (tertiary/aromatic N) is 2. The number of carbonyl (C=O) groups is 1. The van der Waals surface area contributed by atoms with Gasteiger partial charge in [-0.25, -0.2) is 14.8 Å². The molecule has 0 aliphatic rings. The second kappa shape index (κ2) is 7.16. The van der Waals surface area contributed by atoms with Gasteiger partial charge in [0.25, 0.3) is 0 Å². The molecule has 128 valence electrons. The lowest BCUT2D eigenvalue weighted by Crippen LogP contribution is -2.17. The van der Waals surface area contributed by atoms with E-state index < -0.39 is 18.1 Å². The second-order valence-corrected chi connectivity index (χ2v) is 4.63. The Labute approximate surface area is 135 Å². The largest absolute Gasteiger partial charge is 0.573 e. The van der Waals surface area contributed by atoms with E-state index in [9.17, 15) is 18.0 Å². The minimum atomic E-state index is -4.79. The fraction of sp³-hybridized carbons (Fsp3) is 0.267. The molecule has 2 aromatic rings. The third-order valence-corrected chi connectivity index (χ3v) is 2.79. The van der Waals surface area contributed by atoms with Crippen molar-refractivity contribution < 1.29 is 27.4 Å². The van der Waals surface area contributed by atoms with Gasteiger partial charge >= 0.3 is 12.3 Å². The molecule has 1 N–H and O–H groups in total. The molecular formula is C15H14F3N3O3. The second-order valence-electron chi connectivity index (χ2n) is 4.63. The summed E-state index contributed by atoms with van der Waals surface area (Å²) in [4.78, 5) is 19.8. The van der Waals surface area contributed by atoms with Crippen LogP contribution < -0.4 is 10.1 Å². The first-order valence-electron chi connectivity index (χ1n) is 6.92. The van der Waals surface area contributed by atoms with Crippen molar-refractivity contribution in [1.29, 1.82) is 0 Å². The summed E-state index contributed by atoms with van der Waals surface area (Å²) >= 11 is 0. The maximum atomic E-state index is 12.2. The van der Waals surface area contributed by atoms with Crippen molar-refractivity contribution in [2.24, 2.45) is 0 Å². The highest BCUT2D eigenvalue weighted by Crippen LogP contribution is 2.25. The number of anilines is 2. The minimum absolute atomic E-state index is 0.0860. The van der Waals surface area contributed by atoms with E-state index in [2.05, 4.69) is 20.0 Å². The summed E-state index contributed by atoms with van der Waals surface area (Å²) in [5.74, 6) is -0.679. The van der Waals surface area contributed by atoms with Gasteiger partial charge in [0.1, 0.15) is 17.4 Å². The SMILES string of the molecule is CCOC(=O)c1nc(Nc2cc(OC(F)(F)F)ccn2)ccc1C. The normalized spacial score (nSPS) is 11.0. The molecule has 0 saturated heterocycles. The lowest BCUT2D eigenvalue weighted by atomic mass is 10.2. The van der Waals surface area contributed by atoms with Crippen LogP contribution in [-0.2, 0) is 4.74 Å². The molecule has 0 unspecified atom stereocenters. The molecule has 0 radical (unpaired) electrons. The van der Waals surface area contributed by atoms with E-state index in [0.29, 0.717) is 5.56 Å². The number of carbonyl (C=O) groups excluding carboxylic acids is 1. The number of ether oxygens (including phenoxy) is 2. The molecule has 9 heteroatoms. The molecule has 2 rings (SSSR count). The van der Waals surface area contributed by atoms with E-state index in [-0.39, 0.29) is 23.9 Å². The van der Waals surface area contributed by atoms with Gasteiger partial charge in [0.2, 0.25) is 0 Å². The van der Waals surface area contributed by atoms with Crippen molar-refractivity contribution in [2.75, 3.05) is 11.9 Å². The van der Waals surface area contributed by atoms with Crippen LogP contribution in [0, 0.1) is 6.92 Å². The maximum Gasteiger partial charge on any atom is 0.573 e. The van der Waals surface area contributed by atoms with Crippen LogP contribution in [0.1, 0.15) is 23.0 Å². The molecule has 0 bridgehead atoms. The van der Waals surface area contributed by atoms with Gasteiger partial charge in [0.05, 0.1) is 6.61 Å². The molecule has 0 fully saturated rings. The van der Waals surface area contributed by atoms with Crippen LogP contribution in [0.5, 0.6) is 5.75 Å². The highest BCUT2D eigenvalue weighted by molar-refractivity contribution is 5.89. The Hall–Kier alpha value is -2.84. The number of esters is 1. The van der Waals surface area contributed by atoms with Crippen LogP contribution in [0.2, 0.25) is 0 Å². The van der Waals surface area contributed by atoms with Gasteiger partial charge in [-0.2, -0.15) is 0 Å². The fourth-order valence-corrected chi connectivity index (χ4v) is 1.81. The summed E-state index contributed by atoms with van der Waals surface area (Å²) in [5, 5.41) is 2.72. The van der Waals surface area contributed by atoms with Gasteiger partial charge in [-0.3, -0.25) is 0 Å². The summed E-state index contributed by atoms with van der Waals surface area (Å²) in [5.41, 5.74) is 0.727. The van der Waals surface area contributed by atoms with E-state index in [1.165, 1.54) is 0 Å². The first kappa shape index (κ1) is 17.5. The van der Waals surface area contributed by atoms with Gasteiger partial charge in [0, 0.05) is 12.3 Å². The average Bonchev–Trinajstić information content (AvgIpc) is 2.48. The average molecular weight is 341 g/mol. The standard InChI is InChI=1S/C15H14F3N3O3/c1-3-23-14(22)13-9(2)4-5-11(21-13)20-12-8-10(6-7-19-12)24-15(16,17)18/h4-8H,3H2,1-2H3,(H,19,20,21). The summed E-state index contributed by atoms with van der Waals surface area (Å²) < 4.78 is 45.4. The van der Waals surface area contributed by atoms with Crippen molar-refractivity contribution in [2.45, 2.75) is 20.2 Å². The van der Waals surface area contributed by atoms with Crippen molar-refractivity contribution in [3.63, 3.8) is 0 Å². The molecule has 2 heterocycles. The van der Waals surface area contributed by atoms with Crippen LogP contribution in [0.15, 0.2) is 30.5 Å². The zero-order chi connectivity index (χ0) is 17.7. The Bertz CT molecular complexity index is 735. The number of hydrogen-bond acceptors (Lipinski definition) is 6. The first-order valence-corrected chi connectivity index (χ1v) is 6.92. The molecule has 24 heavy (non-hydrogen) atoms. The van der Waals surface area contributed by atoms with Crippen LogP contribution in [0.4, 0.5) is 24.8 Å². The number of pyridine rings is 2. The van der Waals surface area contributed by atoms with E-state index in [1.54, 1.807) is 26.0 Å². The number of alkyl halides is 3. The monoisotopic (exact) mass is 341 g/mol. The lowest BCUT2D eigenvalue weighted by molar-refractivity contribution is -0.274. The van der Waals surface area contributed by atoms with Crippen LogP contribution in [0.3, 0.4) is 0 Å². The molecule has 0 spiro atoms. The van der Waals surface area contributed by atoms with E-state index >= 15 is 0 Å². The van der Waals surface area contributed by atoms with Crippen LogP contribution in [-0.4, -0.2) is 28.9 Å². The Morgan fingerprint density at radius 1 is 1.25 bits per heavy atom. The smallest absolute Gasteiger partial charge is 0.461 e. The highest BCUT2D eigenvalue weighted by atomic mass is 19.4. The van der Waals surface area contributed by atoms with Crippen molar-refractivity contribution >= 4 is 17.6 Å². The van der Waals surface area contributed by atoms with Gasteiger partial charge in [0.15, 0.2) is 5.69 Å². The Balaban J connectivity index is 2.21. The van der Waals surface area contributed by atoms with Crippen LogP contribution in [0.25, 0.3) is 0 Å². The van der Waals surface area contributed by atoms with Crippen LogP contribution >= 0.6 is 0 Å². The fourth-order valence-electron chi connectivity index (χ4n) is 1.81.